The van der Waals surface area contributed by atoms with E-state index >= 15 is 0 Å². The minimum absolute atomic E-state index is 0.105. The number of ketones is 1. The molecule has 0 saturated carbocycles. The fourth-order valence-corrected chi connectivity index (χ4v) is 1.43. The van der Waals surface area contributed by atoms with Gasteiger partial charge >= 0.3 is 5.97 Å². The number of esters is 1. The fourth-order valence-electron chi connectivity index (χ4n) is 1.43. The van der Waals surface area contributed by atoms with Crippen LogP contribution in [0.2, 0.25) is 0 Å². The molecule has 0 N–H and O–H groups in total. The van der Waals surface area contributed by atoms with E-state index < -0.39 is 5.97 Å². The molecule has 17 heavy (non-hydrogen) atoms. The highest BCUT2D eigenvalue weighted by Crippen LogP contribution is 2.11. The first-order chi connectivity index (χ1) is 7.91. The molecule has 0 aromatic heterocycles. The Morgan fingerprint density at radius 3 is 2.35 bits per heavy atom. The molecule has 3 heteroatoms. The molecule has 0 aromatic carbocycles. The van der Waals surface area contributed by atoms with Crippen LogP contribution >= 0.6 is 0 Å². The maximum Gasteiger partial charge on any atom is 0.313 e. The predicted molar refractivity (Wildman–Crippen MR) is 68.7 cm³/mol. The summed E-state index contributed by atoms with van der Waals surface area (Å²) in [6.07, 6.45) is 5.16. The molecule has 0 heterocycles. The van der Waals surface area contributed by atoms with Crippen molar-refractivity contribution in [2.45, 2.75) is 53.4 Å². The Kier molecular flexibility index (Phi) is 8.38. The molecule has 0 saturated heterocycles. The zero-order valence-corrected chi connectivity index (χ0v) is 11.4. The molecule has 0 aliphatic rings. The van der Waals surface area contributed by atoms with Crippen molar-refractivity contribution < 1.29 is 14.3 Å². The van der Waals surface area contributed by atoms with Crippen LogP contribution in [0, 0.1) is 5.92 Å². The molecule has 0 bridgehead atoms. The van der Waals surface area contributed by atoms with Crippen molar-refractivity contribution >= 4 is 11.8 Å². The van der Waals surface area contributed by atoms with Gasteiger partial charge in [-0.2, -0.15) is 0 Å². The van der Waals surface area contributed by atoms with E-state index in [0.717, 1.165) is 19.3 Å². The Balaban J connectivity index is 3.57. The second-order valence-corrected chi connectivity index (χ2v) is 4.85. The Hall–Kier alpha value is -1.12. The number of ether oxygens (including phenoxy) is 1. The maximum absolute atomic E-state index is 11.1. The summed E-state index contributed by atoms with van der Waals surface area (Å²) in [5.41, 5.74) is 1.34. The first kappa shape index (κ1) is 15.9. The molecule has 0 spiro atoms. The molecule has 0 radical (unpaired) electrons. The molecule has 1 unspecified atom stereocenters. The molecular formula is C14H24O3. The van der Waals surface area contributed by atoms with Crippen LogP contribution < -0.4 is 0 Å². The number of allylic oxidation sites excluding steroid dienone is 2. The molecule has 1 atom stereocenters. The second kappa shape index (κ2) is 8.97. The highest BCUT2D eigenvalue weighted by atomic mass is 16.5. The number of carbonyl (C=O) groups is 2. The maximum atomic E-state index is 11.1. The van der Waals surface area contributed by atoms with E-state index in [9.17, 15) is 9.59 Å². The van der Waals surface area contributed by atoms with Gasteiger partial charge in [0, 0.05) is 0 Å². The Morgan fingerprint density at radius 2 is 1.82 bits per heavy atom. The Labute approximate surface area is 104 Å². The van der Waals surface area contributed by atoms with Crippen LogP contribution in [0.15, 0.2) is 11.6 Å². The second-order valence-electron chi connectivity index (χ2n) is 4.85. The van der Waals surface area contributed by atoms with E-state index in [4.69, 9.17) is 4.74 Å². The lowest BCUT2D eigenvalue weighted by Crippen LogP contribution is -2.11. The van der Waals surface area contributed by atoms with E-state index in [0.29, 0.717) is 12.5 Å². The predicted octanol–water partition coefficient (Wildman–Crippen LogP) is 3.28. The first-order valence-electron chi connectivity index (χ1n) is 6.20. The highest BCUT2D eigenvalue weighted by Gasteiger charge is 2.07. The van der Waals surface area contributed by atoms with Gasteiger partial charge in [0.25, 0.3) is 0 Å². The monoisotopic (exact) mass is 240 g/mol. The average Bonchev–Trinajstić information content (AvgIpc) is 2.15. The van der Waals surface area contributed by atoms with Crippen molar-refractivity contribution in [3.8, 4) is 0 Å². The molecule has 0 fully saturated rings. The highest BCUT2D eigenvalue weighted by molar-refractivity contribution is 5.94. The first-order valence-corrected chi connectivity index (χ1v) is 6.20. The van der Waals surface area contributed by atoms with Crippen LogP contribution in [0.5, 0.6) is 0 Å². The van der Waals surface area contributed by atoms with Crippen LogP contribution in [0.1, 0.15) is 53.4 Å². The topological polar surface area (TPSA) is 43.4 Å². The van der Waals surface area contributed by atoms with Gasteiger partial charge in [0.1, 0.15) is 12.2 Å². The van der Waals surface area contributed by atoms with E-state index in [1.165, 1.54) is 12.5 Å². The largest absolute Gasteiger partial charge is 0.465 e. The van der Waals surface area contributed by atoms with Crippen LogP contribution in [0.4, 0.5) is 0 Å². The third-order valence-corrected chi connectivity index (χ3v) is 2.48. The average molecular weight is 240 g/mol. The van der Waals surface area contributed by atoms with E-state index in [-0.39, 0.29) is 12.2 Å². The summed E-state index contributed by atoms with van der Waals surface area (Å²) in [4.78, 5) is 21.7. The lowest BCUT2D eigenvalue weighted by atomic mass is 10.0. The smallest absolute Gasteiger partial charge is 0.313 e. The standard InChI is InChI=1S/C14H24O3/c1-11(2)6-5-7-12(3)8-9-17-14(16)10-13(4)15/h6,12H,5,7-10H2,1-4H3. The van der Waals surface area contributed by atoms with Gasteiger partial charge < -0.3 is 4.74 Å². The van der Waals surface area contributed by atoms with Crippen molar-refractivity contribution in [3.63, 3.8) is 0 Å². The van der Waals surface area contributed by atoms with Crippen molar-refractivity contribution in [1.82, 2.24) is 0 Å². The number of hydrogen-bond donors (Lipinski definition) is 0. The number of hydrogen-bond acceptors (Lipinski definition) is 3. The number of Topliss-reactive ketones (excluding diaryl/α,β-unsaturated/α-hetero) is 1. The van der Waals surface area contributed by atoms with Crippen LogP contribution in [-0.4, -0.2) is 18.4 Å². The SMILES string of the molecule is CC(=O)CC(=O)OCCC(C)CCC=C(C)C. The van der Waals surface area contributed by atoms with E-state index in [2.05, 4.69) is 26.8 Å². The summed E-state index contributed by atoms with van der Waals surface area (Å²) in [7, 11) is 0. The van der Waals surface area contributed by atoms with Crippen molar-refractivity contribution in [2.75, 3.05) is 6.61 Å². The molecule has 3 nitrogen and oxygen atoms in total. The van der Waals surface area contributed by atoms with Gasteiger partial charge in [-0.25, -0.2) is 0 Å². The summed E-state index contributed by atoms with van der Waals surface area (Å²) in [6.45, 7) is 8.14. The molecule has 0 aliphatic carbocycles. The molecule has 0 rings (SSSR count). The van der Waals surface area contributed by atoms with Crippen LogP contribution in [-0.2, 0) is 14.3 Å². The van der Waals surface area contributed by atoms with E-state index in [1.54, 1.807) is 0 Å². The summed E-state index contributed by atoms with van der Waals surface area (Å²) >= 11 is 0. The molecule has 98 valence electrons. The van der Waals surface area contributed by atoms with Gasteiger partial charge in [-0.15, -0.1) is 0 Å². The summed E-state index contributed by atoms with van der Waals surface area (Å²) < 4.78 is 4.98. The van der Waals surface area contributed by atoms with Crippen molar-refractivity contribution in [1.29, 1.82) is 0 Å². The molecule has 0 aromatic rings. The molecular weight excluding hydrogens is 216 g/mol. The summed E-state index contributed by atoms with van der Waals surface area (Å²) in [5, 5.41) is 0. The van der Waals surface area contributed by atoms with Crippen molar-refractivity contribution in [3.05, 3.63) is 11.6 Å². The molecule has 0 amide bonds. The Morgan fingerprint density at radius 1 is 1.18 bits per heavy atom. The molecule has 0 aliphatic heterocycles. The number of rotatable bonds is 8. The van der Waals surface area contributed by atoms with Gasteiger partial charge in [-0.05, 0) is 46.0 Å². The third kappa shape index (κ3) is 11.1. The lowest BCUT2D eigenvalue weighted by molar-refractivity contribution is -0.146. The minimum atomic E-state index is -0.408. The van der Waals surface area contributed by atoms with Crippen LogP contribution in [0.3, 0.4) is 0 Å². The fraction of sp³-hybridized carbons (Fsp3) is 0.714. The summed E-state index contributed by atoms with van der Waals surface area (Å²) in [6, 6.07) is 0. The van der Waals surface area contributed by atoms with Gasteiger partial charge in [-0.3, -0.25) is 9.59 Å². The van der Waals surface area contributed by atoms with E-state index in [1.807, 2.05) is 0 Å². The van der Waals surface area contributed by atoms with Gasteiger partial charge in [-0.1, -0.05) is 18.6 Å². The van der Waals surface area contributed by atoms with Crippen LogP contribution in [0.25, 0.3) is 0 Å². The number of carbonyl (C=O) groups excluding carboxylic acids is 2. The third-order valence-electron chi connectivity index (χ3n) is 2.48. The van der Waals surface area contributed by atoms with Gasteiger partial charge in [0.15, 0.2) is 0 Å². The van der Waals surface area contributed by atoms with Crippen molar-refractivity contribution in [2.24, 2.45) is 5.92 Å². The minimum Gasteiger partial charge on any atom is -0.465 e. The zero-order valence-electron chi connectivity index (χ0n) is 11.4. The van der Waals surface area contributed by atoms with Gasteiger partial charge in [0.2, 0.25) is 0 Å². The quantitative estimate of drug-likeness (QED) is 0.371. The van der Waals surface area contributed by atoms with Gasteiger partial charge in [0.05, 0.1) is 6.61 Å². The normalized spacial score (nSPS) is 11.8. The Bertz CT molecular complexity index is 275. The summed E-state index contributed by atoms with van der Waals surface area (Å²) in [5.74, 6) is -0.0173. The zero-order chi connectivity index (χ0) is 13.3. The lowest BCUT2D eigenvalue weighted by Gasteiger charge is -2.10.